The van der Waals surface area contributed by atoms with E-state index in [2.05, 4.69) is 38.1 Å². The van der Waals surface area contributed by atoms with Gasteiger partial charge in [0, 0.05) is 81.9 Å². The van der Waals surface area contributed by atoms with E-state index in [9.17, 15) is 14.9 Å². The lowest BCUT2D eigenvalue weighted by atomic mass is 10.1. The highest BCUT2D eigenvalue weighted by Gasteiger charge is 2.27. The van der Waals surface area contributed by atoms with Crippen LogP contribution in [0.25, 0.3) is 11.3 Å². The Labute approximate surface area is 286 Å². The smallest absolute Gasteiger partial charge is 0.223 e. The molecule has 47 heavy (non-hydrogen) atoms. The summed E-state index contributed by atoms with van der Waals surface area (Å²) in [6.07, 6.45) is 0.994. The molecule has 250 valence electrons. The van der Waals surface area contributed by atoms with Gasteiger partial charge in [0.1, 0.15) is 17.5 Å². The first-order valence-electron chi connectivity index (χ1n) is 15.7. The molecule has 1 atom stereocenters. The first kappa shape index (κ1) is 36.0. The van der Waals surface area contributed by atoms with Crippen LogP contribution in [0.1, 0.15) is 37.2 Å². The molecule has 12 nitrogen and oxygen atoms in total. The number of carbonyl (C=O) groups is 2. The molecule has 1 aromatic carbocycles. The quantitative estimate of drug-likeness (QED) is 0.226. The Hall–Kier alpha value is -3.80. The first-order valence-corrected chi connectivity index (χ1v) is 16.7. The second-order valence-electron chi connectivity index (χ2n) is 11.5. The van der Waals surface area contributed by atoms with Gasteiger partial charge < -0.3 is 25.6 Å². The molecule has 0 aliphatic carbocycles. The number of thioether (sulfide) groups is 1. The summed E-state index contributed by atoms with van der Waals surface area (Å²) in [5.41, 5.74) is 9.78. The van der Waals surface area contributed by atoms with Crippen LogP contribution >= 0.6 is 24.2 Å². The van der Waals surface area contributed by atoms with Crippen LogP contribution in [0.3, 0.4) is 0 Å². The van der Waals surface area contributed by atoms with Gasteiger partial charge in [-0.25, -0.2) is 9.97 Å². The molecular formula is C33H42ClN9O3S. The Kier molecular flexibility index (Phi) is 13.3. The summed E-state index contributed by atoms with van der Waals surface area (Å²) in [4.78, 5) is 45.1. The summed E-state index contributed by atoms with van der Waals surface area (Å²) in [7, 11) is 0. The second-order valence-corrected chi connectivity index (χ2v) is 12.4. The number of ether oxygens (including phenoxy) is 1. The maximum absolute atomic E-state index is 13.1. The molecule has 0 bridgehead atoms. The van der Waals surface area contributed by atoms with Gasteiger partial charge in [-0.2, -0.15) is 5.26 Å². The molecule has 2 saturated heterocycles. The minimum Gasteiger partial charge on any atom is -0.382 e. The highest BCUT2D eigenvalue weighted by molar-refractivity contribution is 7.98. The number of pyridine rings is 1. The Morgan fingerprint density at radius 1 is 1.04 bits per heavy atom. The number of benzene rings is 1. The summed E-state index contributed by atoms with van der Waals surface area (Å²) in [6.45, 7) is 11.7. The molecule has 5 rings (SSSR count). The fourth-order valence-electron chi connectivity index (χ4n) is 5.67. The van der Waals surface area contributed by atoms with Gasteiger partial charge in [0.15, 0.2) is 5.16 Å². The minimum absolute atomic E-state index is 0. The van der Waals surface area contributed by atoms with Crippen molar-refractivity contribution in [3.05, 3.63) is 59.4 Å². The third-order valence-corrected chi connectivity index (χ3v) is 9.06. The van der Waals surface area contributed by atoms with Gasteiger partial charge in [0.25, 0.3) is 0 Å². The third kappa shape index (κ3) is 10.1. The topological polar surface area (TPSA) is 154 Å². The number of nitriles is 1. The Bertz CT molecular complexity index is 1560. The summed E-state index contributed by atoms with van der Waals surface area (Å²) in [5.74, 6) is 0.555. The third-order valence-electron chi connectivity index (χ3n) is 8.18. The van der Waals surface area contributed by atoms with Crippen molar-refractivity contribution in [2.24, 2.45) is 0 Å². The van der Waals surface area contributed by atoms with Crippen molar-refractivity contribution < 1.29 is 14.3 Å². The van der Waals surface area contributed by atoms with Crippen LogP contribution < -0.4 is 11.1 Å². The Morgan fingerprint density at radius 3 is 2.47 bits per heavy atom. The van der Waals surface area contributed by atoms with Crippen LogP contribution in [0, 0.1) is 11.3 Å². The number of hydrogen-bond acceptors (Lipinski definition) is 11. The van der Waals surface area contributed by atoms with Crippen molar-refractivity contribution in [2.45, 2.75) is 43.7 Å². The lowest BCUT2D eigenvalue weighted by Crippen LogP contribution is -2.53. The number of piperazine rings is 1. The van der Waals surface area contributed by atoms with Crippen molar-refractivity contribution in [1.82, 2.24) is 29.7 Å². The molecule has 2 aromatic heterocycles. The number of nitrogen functional groups attached to an aromatic ring is 1. The minimum atomic E-state index is -0.169. The highest BCUT2D eigenvalue weighted by atomic mass is 35.5. The Morgan fingerprint density at radius 2 is 1.77 bits per heavy atom. The van der Waals surface area contributed by atoms with E-state index in [1.54, 1.807) is 24.3 Å². The monoisotopic (exact) mass is 679 g/mol. The molecule has 2 aliphatic heterocycles. The van der Waals surface area contributed by atoms with Crippen LogP contribution in [0.2, 0.25) is 0 Å². The van der Waals surface area contributed by atoms with Crippen molar-refractivity contribution in [3.8, 4) is 17.3 Å². The molecule has 2 amide bonds. The van der Waals surface area contributed by atoms with Gasteiger partial charge in [0.05, 0.1) is 24.1 Å². The van der Waals surface area contributed by atoms with Crippen LogP contribution in [-0.4, -0.2) is 107 Å². The zero-order valence-electron chi connectivity index (χ0n) is 26.9. The van der Waals surface area contributed by atoms with Gasteiger partial charge >= 0.3 is 0 Å². The average Bonchev–Trinajstić information content (AvgIpc) is 3.07. The fraction of sp³-hybridized carbons (Fsp3) is 0.455. The largest absolute Gasteiger partial charge is 0.382 e. The number of morpholine rings is 1. The number of halogens is 1. The van der Waals surface area contributed by atoms with Gasteiger partial charge in [-0.05, 0) is 37.2 Å². The fourth-order valence-corrected chi connectivity index (χ4v) is 6.42. The molecular weight excluding hydrogens is 638 g/mol. The van der Waals surface area contributed by atoms with Crippen LogP contribution in [0.4, 0.5) is 11.5 Å². The van der Waals surface area contributed by atoms with E-state index in [4.69, 9.17) is 15.5 Å². The normalized spacial score (nSPS) is 17.0. The number of nitrogens with two attached hydrogens (primary N) is 1. The second kappa shape index (κ2) is 17.4. The van der Waals surface area contributed by atoms with E-state index < -0.39 is 0 Å². The van der Waals surface area contributed by atoms with E-state index in [-0.39, 0.29) is 41.7 Å². The van der Waals surface area contributed by atoms with E-state index in [0.717, 1.165) is 50.7 Å². The van der Waals surface area contributed by atoms with E-state index >= 15 is 0 Å². The van der Waals surface area contributed by atoms with E-state index in [0.29, 0.717) is 60.4 Å². The number of aryl methyl sites for hydroxylation is 1. The number of hydrogen-bond donors (Lipinski definition) is 2. The van der Waals surface area contributed by atoms with Gasteiger partial charge in [0.2, 0.25) is 11.8 Å². The number of amides is 2. The summed E-state index contributed by atoms with van der Waals surface area (Å²) in [5, 5.41) is 12.9. The number of carbonyl (C=O) groups excluding carboxylic acids is 2. The van der Waals surface area contributed by atoms with Crippen LogP contribution in [0.5, 0.6) is 0 Å². The zero-order valence-corrected chi connectivity index (χ0v) is 28.5. The molecule has 0 radical (unpaired) electrons. The molecule has 0 spiro atoms. The predicted molar refractivity (Wildman–Crippen MR) is 185 cm³/mol. The number of nitrogens with zero attached hydrogens (tertiary/aromatic N) is 7. The highest BCUT2D eigenvalue weighted by Crippen LogP contribution is 2.29. The molecule has 3 aromatic rings. The van der Waals surface area contributed by atoms with E-state index in [1.165, 1.54) is 18.7 Å². The van der Waals surface area contributed by atoms with Crippen LogP contribution in [0.15, 0.2) is 47.6 Å². The molecule has 0 saturated carbocycles. The maximum atomic E-state index is 13.1. The lowest BCUT2D eigenvalue weighted by molar-refractivity contribution is -0.139. The van der Waals surface area contributed by atoms with Crippen molar-refractivity contribution in [3.63, 3.8) is 0 Å². The van der Waals surface area contributed by atoms with Crippen molar-refractivity contribution >= 4 is 47.5 Å². The van der Waals surface area contributed by atoms with Crippen molar-refractivity contribution in [2.75, 3.05) is 70.0 Å². The number of anilines is 2. The van der Waals surface area contributed by atoms with E-state index in [1.807, 2.05) is 23.1 Å². The summed E-state index contributed by atoms with van der Waals surface area (Å²) < 4.78 is 6.01. The van der Waals surface area contributed by atoms with Crippen LogP contribution in [-0.2, 0) is 26.5 Å². The molecule has 1 unspecified atom stereocenters. The van der Waals surface area contributed by atoms with Gasteiger partial charge in [-0.15, -0.1) is 12.4 Å². The number of aromatic nitrogens is 3. The predicted octanol–water partition coefficient (Wildman–Crippen LogP) is 3.46. The molecule has 14 heteroatoms. The van der Waals surface area contributed by atoms with Gasteiger partial charge in [-0.1, -0.05) is 36.9 Å². The molecule has 2 fully saturated rings. The number of likely N-dealkylation sites (N-methyl/N-ethyl adjacent to an activating group) is 1. The lowest BCUT2D eigenvalue weighted by Gasteiger charge is -2.39. The number of rotatable bonds is 11. The summed E-state index contributed by atoms with van der Waals surface area (Å²) in [6, 6.07) is 15.0. The van der Waals surface area contributed by atoms with Crippen molar-refractivity contribution in [1.29, 1.82) is 5.26 Å². The standard InChI is InChI=1S/C33H41N9O3S.ClH/c1-3-40-13-15-41(16-14-40)20-28-21-42(17-18-45-28)30(44)12-11-25-5-4-6-27(37-25)22-46-33-38-31(29(19-34)32(35)39-33)24-7-9-26(10-8-24)36-23(2)43;/h4-10,28H,3,11-18,20-22H2,1-2H3,(H,36,43)(H2,35,38,39);1H. The van der Waals surface area contributed by atoms with Gasteiger partial charge in [-0.3, -0.25) is 19.5 Å². The SMILES string of the molecule is CCN1CCN(CC2CN(C(=O)CCc3cccc(CSc4nc(N)c(C#N)c(-c5ccc(NC(C)=O)cc5)n4)n3)CCO2)CC1.Cl. The number of nitrogens with one attached hydrogen (secondary N) is 1. The molecule has 3 N–H and O–H groups in total. The average molecular weight is 680 g/mol. The Balaban J connectivity index is 0.00000500. The molecule has 4 heterocycles. The zero-order chi connectivity index (χ0) is 32.5. The molecule has 2 aliphatic rings. The maximum Gasteiger partial charge on any atom is 0.223 e. The summed E-state index contributed by atoms with van der Waals surface area (Å²) >= 11 is 1.37. The first-order chi connectivity index (χ1) is 22.3.